The van der Waals surface area contributed by atoms with Crippen molar-refractivity contribution in [2.45, 2.75) is 18.8 Å². The van der Waals surface area contributed by atoms with Crippen molar-refractivity contribution in [3.05, 3.63) is 48.9 Å². The summed E-state index contributed by atoms with van der Waals surface area (Å²) in [6.45, 7) is 2.15. The van der Waals surface area contributed by atoms with E-state index in [1.165, 1.54) is 8.45 Å². The SMILES string of the molecule is CC(c1ccc(Cl)s1)n1c(CCl)nc2cc(I)ccc21. The van der Waals surface area contributed by atoms with Gasteiger partial charge in [0.25, 0.3) is 0 Å². The van der Waals surface area contributed by atoms with Gasteiger partial charge in [-0.25, -0.2) is 4.98 Å². The van der Waals surface area contributed by atoms with Crippen molar-refractivity contribution >= 4 is 68.2 Å². The van der Waals surface area contributed by atoms with Crippen LogP contribution < -0.4 is 0 Å². The average molecular weight is 437 g/mol. The van der Waals surface area contributed by atoms with E-state index < -0.39 is 0 Å². The van der Waals surface area contributed by atoms with E-state index >= 15 is 0 Å². The maximum Gasteiger partial charge on any atom is 0.125 e. The zero-order valence-corrected chi connectivity index (χ0v) is 15.1. The van der Waals surface area contributed by atoms with E-state index in [9.17, 15) is 0 Å². The third-order valence-corrected chi connectivity index (χ3v) is 5.55. The molecule has 3 rings (SSSR count). The summed E-state index contributed by atoms with van der Waals surface area (Å²) in [6.07, 6.45) is 0. The van der Waals surface area contributed by atoms with E-state index in [-0.39, 0.29) is 6.04 Å². The minimum Gasteiger partial charge on any atom is -0.319 e. The molecule has 1 atom stereocenters. The topological polar surface area (TPSA) is 17.8 Å². The van der Waals surface area contributed by atoms with E-state index in [0.717, 1.165) is 21.2 Å². The van der Waals surface area contributed by atoms with Crippen molar-refractivity contribution in [1.29, 1.82) is 0 Å². The number of imidazole rings is 1. The highest BCUT2D eigenvalue weighted by atomic mass is 127. The van der Waals surface area contributed by atoms with Crippen LogP contribution in [-0.4, -0.2) is 9.55 Å². The lowest BCUT2D eigenvalue weighted by atomic mass is 10.2. The van der Waals surface area contributed by atoms with Crippen LogP contribution in [0.4, 0.5) is 0 Å². The van der Waals surface area contributed by atoms with Crippen LogP contribution in [0.5, 0.6) is 0 Å². The molecule has 6 heteroatoms. The summed E-state index contributed by atoms with van der Waals surface area (Å²) < 4.78 is 4.17. The summed E-state index contributed by atoms with van der Waals surface area (Å²) in [6, 6.07) is 10.4. The van der Waals surface area contributed by atoms with Crippen LogP contribution in [0.1, 0.15) is 23.7 Å². The number of benzene rings is 1. The Kier molecular flexibility index (Phi) is 4.26. The quantitative estimate of drug-likeness (QED) is 0.380. The molecule has 3 aromatic rings. The second-order valence-electron chi connectivity index (χ2n) is 4.48. The molecular formula is C14H11Cl2IN2S. The predicted octanol–water partition coefficient (Wildman–Crippen LogP) is 5.70. The molecule has 0 saturated carbocycles. The number of nitrogens with zero attached hydrogens (tertiary/aromatic N) is 2. The molecule has 0 radical (unpaired) electrons. The van der Waals surface area contributed by atoms with Crippen molar-refractivity contribution in [1.82, 2.24) is 9.55 Å². The lowest BCUT2D eigenvalue weighted by Gasteiger charge is -2.15. The van der Waals surface area contributed by atoms with Gasteiger partial charge in [0.05, 0.1) is 27.3 Å². The standard InChI is InChI=1S/C14H11Cl2IN2S/c1-8(12-4-5-13(16)20-12)19-11-3-2-9(17)6-10(11)18-14(19)7-15/h2-6,8H,7H2,1H3. The van der Waals surface area contributed by atoms with Crippen LogP contribution in [-0.2, 0) is 5.88 Å². The Balaban J connectivity index is 2.18. The molecule has 2 heterocycles. The van der Waals surface area contributed by atoms with E-state index in [1.54, 1.807) is 11.3 Å². The van der Waals surface area contributed by atoms with Crippen LogP contribution in [0.2, 0.25) is 4.34 Å². The van der Waals surface area contributed by atoms with Gasteiger partial charge in [-0.1, -0.05) is 11.6 Å². The van der Waals surface area contributed by atoms with Gasteiger partial charge >= 0.3 is 0 Å². The number of halogens is 3. The van der Waals surface area contributed by atoms with Crippen molar-refractivity contribution in [3.8, 4) is 0 Å². The number of aromatic nitrogens is 2. The van der Waals surface area contributed by atoms with Gasteiger partial charge < -0.3 is 4.57 Å². The van der Waals surface area contributed by atoms with Crippen LogP contribution in [0.3, 0.4) is 0 Å². The number of fused-ring (bicyclic) bond motifs is 1. The summed E-state index contributed by atoms with van der Waals surface area (Å²) >= 11 is 16.0. The summed E-state index contributed by atoms with van der Waals surface area (Å²) in [5, 5.41) is 0. The zero-order chi connectivity index (χ0) is 14.3. The van der Waals surface area contributed by atoms with Gasteiger partial charge in [-0.15, -0.1) is 22.9 Å². The molecule has 0 aliphatic carbocycles. The van der Waals surface area contributed by atoms with Gasteiger partial charge in [-0.2, -0.15) is 0 Å². The second kappa shape index (κ2) is 5.83. The van der Waals surface area contributed by atoms with Crippen molar-refractivity contribution < 1.29 is 0 Å². The molecule has 20 heavy (non-hydrogen) atoms. The Morgan fingerprint density at radius 1 is 1.35 bits per heavy atom. The lowest BCUT2D eigenvalue weighted by Crippen LogP contribution is -2.08. The summed E-state index contributed by atoms with van der Waals surface area (Å²) in [4.78, 5) is 5.85. The normalized spacial score (nSPS) is 13.0. The largest absolute Gasteiger partial charge is 0.319 e. The highest BCUT2D eigenvalue weighted by Gasteiger charge is 2.18. The summed E-state index contributed by atoms with van der Waals surface area (Å²) in [7, 11) is 0. The molecule has 0 N–H and O–H groups in total. The van der Waals surface area contributed by atoms with Gasteiger partial charge in [-0.3, -0.25) is 0 Å². The highest BCUT2D eigenvalue weighted by molar-refractivity contribution is 14.1. The van der Waals surface area contributed by atoms with Gasteiger partial charge in [0, 0.05) is 8.45 Å². The first kappa shape index (κ1) is 14.6. The Morgan fingerprint density at radius 3 is 2.80 bits per heavy atom. The van der Waals surface area contributed by atoms with Gasteiger partial charge in [-0.05, 0) is 59.8 Å². The number of thiophene rings is 1. The van der Waals surface area contributed by atoms with E-state index in [2.05, 4.69) is 63.3 Å². The van der Waals surface area contributed by atoms with Crippen LogP contribution in [0.15, 0.2) is 30.3 Å². The second-order valence-corrected chi connectivity index (χ2v) is 7.74. The van der Waals surface area contributed by atoms with Gasteiger partial charge in [0.1, 0.15) is 5.82 Å². The minimum absolute atomic E-state index is 0.173. The first-order valence-corrected chi connectivity index (χ1v) is 8.88. The predicted molar refractivity (Wildman–Crippen MR) is 95.1 cm³/mol. The molecule has 0 saturated heterocycles. The number of hydrogen-bond acceptors (Lipinski definition) is 2. The number of rotatable bonds is 3. The van der Waals surface area contributed by atoms with E-state index in [0.29, 0.717) is 5.88 Å². The fraction of sp³-hybridized carbons (Fsp3) is 0.214. The van der Waals surface area contributed by atoms with Crippen molar-refractivity contribution in [3.63, 3.8) is 0 Å². The van der Waals surface area contributed by atoms with Crippen LogP contribution >= 0.6 is 57.1 Å². The maximum atomic E-state index is 6.07. The lowest BCUT2D eigenvalue weighted by molar-refractivity contribution is 0.644. The third kappa shape index (κ3) is 2.58. The van der Waals surface area contributed by atoms with Crippen molar-refractivity contribution in [2.75, 3.05) is 0 Å². The molecule has 0 aliphatic heterocycles. The third-order valence-electron chi connectivity index (χ3n) is 3.24. The average Bonchev–Trinajstić information content (AvgIpc) is 3.00. The smallest absolute Gasteiger partial charge is 0.125 e. The molecule has 2 aromatic heterocycles. The molecule has 1 aromatic carbocycles. The number of hydrogen-bond donors (Lipinski definition) is 0. The molecule has 0 aliphatic rings. The zero-order valence-electron chi connectivity index (χ0n) is 10.6. The number of alkyl halides is 1. The Labute approximate surface area is 144 Å². The maximum absolute atomic E-state index is 6.07. The Morgan fingerprint density at radius 2 is 2.15 bits per heavy atom. The molecule has 0 bridgehead atoms. The van der Waals surface area contributed by atoms with Crippen LogP contribution in [0.25, 0.3) is 11.0 Å². The first-order chi connectivity index (χ1) is 9.60. The summed E-state index contributed by atoms with van der Waals surface area (Å²) in [5.41, 5.74) is 2.10. The Bertz CT molecular complexity index is 766. The molecular weight excluding hydrogens is 426 g/mol. The van der Waals surface area contributed by atoms with Crippen LogP contribution in [0, 0.1) is 3.57 Å². The van der Waals surface area contributed by atoms with E-state index in [4.69, 9.17) is 23.2 Å². The molecule has 1 unspecified atom stereocenters. The monoisotopic (exact) mass is 436 g/mol. The minimum atomic E-state index is 0.173. The Hall–Kier alpha value is -0.300. The summed E-state index contributed by atoms with van der Waals surface area (Å²) in [5.74, 6) is 1.29. The fourth-order valence-electron chi connectivity index (χ4n) is 2.33. The molecule has 104 valence electrons. The molecule has 0 fully saturated rings. The highest BCUT2D eigenvalue weighted by Crippen LogP contribution is 2.33. The van der Waals surface area contributed by atoms with E-state index in [1.807, 2.05) is 6.07 Å². The van der Waals surface area contributed by atoms with Crippen molar-refractivity contribution in [2.24, 2.45) is 0 Å². The molecule has 0 amide bonds. The van der Waals surface area contributed by atoms with Gasteiger partial charge in [0.15, 0.2) is 0 Å². The molecule has 0 spiro atoms. The molecule has 2 nitrogen and oxygen atoms in total. The fourth-order valence-corrected chi connectivity index (χ4v) is 4.10. The first-order valence-electron chi connectivity index (χ1n) is 6.07. The van der Waals surface area contributed by atoms with Gasteiger partial charge in [0.2, 0.25) is 0 Å².